The molecule has 2 rings (SSSR count). The van der Waals surface area contributed by atoms with Crippen LogP contribution >= 0.6 is 0 Å². The molecule has 1 amide bonds. The Bertz CT molecular complexity index is 490. The van der Waals surface area contributed by atoms with E-state index in [0.717, 1.165) is 24.9 Å². The summed E-state index contributed by atoms with van der Waals surface area (Å²) in [5, 5.41) is 4.39. The molecule has 1 saturated heterocycles. The van der Waals surface area contributed by atoms with Gasteiger partial charge in [-0.25, -0.2) is 4.79 Å². The lowest BCUT2D eigenvalue weighted by Gasteiger charge is -2.34. The predicted octanol–water partition coefficient (Wildman–Crippen LogP) is 2.47. The van der Waals surface area contributed by atoms with Crippen molar-refractivity contribution in [1.29, 1.82) is 0 Å². The molecule has 2 atom stereocenters. The SMILES string of the molecule is CC(N)c1cnn(C2CCCN(C(=O)OC(C)(C)C)C2)c1. The highest BCUT2D eigenvalue weighted by Gasteiger charge is 2.28. The quantitative estimate of drug-likeness (QED) is 0.909. The van der Waals surface area contributed by atoms with Crippen molar-refractivity contribution >= 4 is 6.09 Å². The second kappa shape index (κ2) is 6.05. The van der Waals surface area contributed by atoms with E-state index in [1.807, 2.05) is 38.6 Å². The largest absolute Gasteiger partial charge is 0.444 e. The minimum absolute atomic E-state index is 0.0238. The number of carbonyl (C=O) groups excluding carboxylic acids is 1. The van der Waals surface area contributed by atoms with E-state index in [0.29, 0.717) is 6.54 Å². The Kier molecular flexibility index (Phi) is 4.56. The lowest BCUT2D eigenvalue weighted by atomic mass is 10.1. The molecule has 1 aliphatic heterocycles. The minimum Gasteiger partial charge on any atom is -0.444 e. The lowest BCUT2D eigenvalue weighted by molar-refractivity contribution is 0.0167. The Labute approximate surface area is 126 Å². The summed E-state index contributed by atoms with van der Waals surface area (Å²) < 4.78 is 7.37. The third kappa shape index (κ3) is 4.20. The summed E-state index contributed by atoms with van der Waals surface area (Å²) in [6, 6.07) is 0.170. The Hall–Kier alpha value is -1.56. The van der Waals surface area contributed by atoms with Crippen molar-refractivity contribution in [3.05, 3.63) is 18.0 Å². The Morgan fingerprint density at radius 1 is 1.52 bits per heavy atom. The zero-order chi connectivity index (χ0) is 15.6. The fourth-order valence-electron chi connectivity index (χ4n) is 2.45. The van der Waals surface area contributed by atoms with E-state index in [9.17, 15) is 4.79 Å². The first-order chi connectivity index (χ1) is 9.76. The van der Waals surface area contributed by atoms with Crippen LogP contribution in [0, 0.1) is 0 Å². The van der Waals surface area contributed by atoms with Gasteiger partial charge in [-0.3, -0.25) is 4.68 Å². The van der Waals surface area contributed by atoms with Crippen molar-refractivity contribution in [2.45, 2.75) is 58.2 Å². The number of piperidine rings is 1. The van der Waals surface area contributed by atoms with Crippen molar-refractivity contribution in [2.75, 3.05) is 13.1 Å². The van der Waals surface area contributed by atoms with Crippen LogP contribution in [0.3, 0.4) is 0 Å². The van der Waals surface area contributed by atoms with Gasteiger partial charge in [0.15, 0.2) is 0 Å². The maximum absolute atomic E-state index is 12.2. The average Bonchev–Trinajstić information content (AvgIpc) is 2.86. The maximum Gasteiger partial charge on any atom is 0.410 e. The van der Waals surface area contributed by atoms with Crippen LogP contribution in [0.5, 0.6) is 0 Å². The van der Waals surface area contributed by atoms with Gasteiger partial charge in [0.1, 0.15) is 5.60 Å². The fourth-order valence-corrected chi connectivity index (χ4v) is 2.45. The van der Waals surface area contributed by atoms with Gasteiger partial charge in [-0.1, -0.05) is 0 Å². The molecule has 0 aliphatic carbocycles. The van der Waals surface area contributed by atoms with E-state index >= 15 is 0 Å². The fraction of sp³-hybridized carbons (Fsp3) is 0.733. The molecular weight excluding hydrogens is 268 g/mol. The van der Waals surface area contributed by atoms with E-state index in [4.69, 9.17) is 10.5 Å². The van der Waals surface area contributed by atoms with Crippen LogP contribution in [0.2, 0.25) is 0 Å². The molecule has 1 aliphatic rings. The molecular formula is C15H26N4O2. The molecule has 0 aromatic carbocycles. The van der Waals surface area contributed by atoms with Crippen molar-refractivity contribution < 1.29 is 9.53 Å². The zero-order valence-electron chi connectivity index (χ0n) is 13.4. The summed E-state index contributed by atoms with van der Waals surface area (Å²) >= 11 is 0. The van der Waals surface area contributed by atoms with Crippen LogP contribution in [0.25, 0.3) is 0 Å². The third-order valence-corrected chi connectivity index (χ3v) is 3.57. The van der Waals surface area contributed by atoms with Gasteiger partial charge in [0, 0.05) is 30.9 Å². The van der Waals surface area contributed by atoms with Gasteiger partial charge in [0.05, 0.1) is 12.2 Å². The van der Waals surface area contributed by atoms with Crippen LogP contribution in [0.4, 0.5) is 4.79 Å². The topological polar surface area (TPSA) is 73.4 Å². The average molecular weight is 294 g/mol. The van der Waals surface area contributed by atoms with Crippen LogP contribution in [-0.4, -0.2) is 39.5 Å². The first kappa shape index (κ1) is 15.8. The first-order valence-corrected chi connectivity index (χ1v) is 7.54. The van der Waals surface area contributed by atoms with E-state index in [1.165, 1.54) is 0 Å². The summed E-state index contributed by atoms with van der Waals surface area (Å²) in [5.41, 5.74) is 6.42. The van der Waals surface area contributed by atoms with Gasteiger partial charge in [-0.05, 0) is 40.5 Å². The maximum atomic E-state index is 12.2. The van der Waals surface area contributed by atoms with E-state index in [2.05, 4.69) is 5.10 Å². The van der Waals surface area contributed by atoms with Gasteiger partial charge in [0.25, 0.3) is 0 Å². The van der Waals surface area contributed by atoms with Crippen molar-refractivity contribution in [1.82, 2.24) is 14.7 Å². The Balaban J connectivity index is 2.01. The number of carbonyl (C=O) groups is 1. The van der Waals surface area contributed by atoms with Crippen LogP contribution in [0.15, 0.2) is 12.4 Å². The Morgan fingerprint density at radius 3 is 2.81 bits per heavy atom. The number of aromatic nitrogens is 2. The van der Waals surface area contributed by atoms with Crippen LogP contribution in [-0.2, 0) is 4.74 Å². The summed E-state index contributed by atoms with van der Waals surface area (Å²) in [7, 11) is 0. The Morgan fingerprint density at radius 2 is 2.24 bits per heavy atom. The molecule has 6 nitrogen and oxygen atoms in total. The highest BCUT2D eigenvalue weighted by molar-refractivity contribution is 5.68. The van der Waals surface area contributed by atoms with Crippen molar-refractivity contribution in [3.63, 3.8) is 0 Å². The van der Waals surface area contributed by atoms with Gasteiger partial charge < -0.3 is 15.4 Å². The number of nitrogens with two attached hydrogens (primary N) is 1. The molecule has 0 spiro atoms. The molecule has 2 unspecified atom stereocenters. The summed E-state index contributed by atoms with van der Waals surface area (Å²) in [6.07, 6.45) is 5.51. The highest BCUT2D eigenvalue weighted by atomic mass is 16.6. The van der Waals surface area contributed by atoms with Gasteiger partial charge in [-0.2, -0.15) is 5.10 Å². The number of likely N-dealkylation sites (tertiary alicyclic amines) is 1. The molecule has 6 heteroatoms. The third-order valence-electron chi connectivity index (χ3n) is 3.57. The molecule has 118 valence electrons. The molecule has 0 bridgehead atoms. The minimum atomic E-state index is -0.460. The van der Waals surface area contributed by atoms with Gasteiger partial charge >= 0.3 is 6.09 Å². The second-order valence-electron chi connectivity index (χ2n) is 6.76. The summed E-state index contributed by atoms with van der Waals surface area (Å²) in [6.45, 7) is 8.97. The molecule has 1 aromatic rings. The van der Waals surface area contributed by atoms with Crippen molar-refractivity contribution in [2.24, 2.45) is 5.73 Å². The number of amides is 1. The monoisotopic (exact) mass is 294 g/mol. The smallest absolute Gasteiger partial charge is 0.410 e. The first-order valence-electron chi connectivity index (χ1n) is 7.54. The van der Waals surface area contributed by atoms with Gasteiger partial charge in [-0.15, -0.1) is 0 Å². The highest BCUT2D eigenvalue weighted by Crippen LogP contribution is 2.23. The van der Waals surface area contributed by atoms with Crippen LogP contribution in [0.1, 0.15) is 58.2 Å². The lowest BCUT2D eigenvalue weighted by Crippen LogP contribution is -2.43. The predicted molar refractivity (Wildman–Crippen MR) is 80.9 cm³/mol. The van der Waals surface area contributed by atoms with E-state index in [1.54, 1.807) is 11.1 Å². The molecule has 0 saturated carbocycles. The second-order valence-corrected chi connectivity index (χ2v) is 6.76. The molecule has 2 heterocycles. The van der Waals surface area contributed by atoms with Crippen LogP contribution < -0.4 is 5.73 Å². The summed E-state index contributed by atoms with van der Waals surface area (Å²) in [5.74, 6) is 0. The number of nitrogens with zero attached hydrogens (tertiary/aromatic N) is 3. The van der Waals surface area contributed by atoms with E-state index in [-0.39, 0.29) is 18.2 Å². The molecule has 1 fully saturated rings. The molecule has 21 heavy (non-hydrogen) atoms. The molecule has 0 radical (unpaired) electrons. The number of hydrogen-bond acceptors (Lipinski definition) is 4. The van der Waals surface area contributed by atoms with E-state index < -0.39 is 5.60 Å². The van der Waals surface area contributed by atoms with Gasteiger partial charge in [0.2, 0.25) is 0 Å². The number of ether oxygens (including phenoxy) is 1. The van der Waals surface area contributed by atoms with Crippen molar-refractivity contribution in [3.8, 4) is 0 Å². The normalized spacial score (nSPS) is 21.2. The molecule has 1 aromatic heterocycles. The molecule has 2 N–H and O–H groups in total. The summed E-state index contributed by atoms with van der Waals surface area (Å²) in [4.78, 5) is 13.9. The number of hydrogen-bond donors (Lipinski definition) is 1. The standard InChI is InChI=1S/C15H26N4O2/c1-11(16)12-8-17-19(9-12)13-6-5-7-18(10-13)14(20)21-15(2,3)4/h8-9,11,13H,5-7,10,16H2,1-4H3. The zero-order valence-corrected chi connectivity index (χ0v) is 13.4. The number of rotatable bonds is 2.